The van der Waals surface area contributed by atoms with Gasteiger partial charge in [-0.25, -0.2) is 0 Å². The number of hydrogen-bond acceptors (Lipinski definition) is 4. The molecule has 0 aliphatic carbocycles. The van der Waals surface area contributed by atoms with Gasteiger partial charge in [-0.2, -0.15) is 0 Å². The Bertz CT molecular complexity index is 397. The van der Waals surface area contributed by atoms with Crippen molar-refractivity contribution in [2.45, 2.75) is 96.8 Å². The standard InChI is InChI=1S/C18H34O2.C5H10N2O/c1-2-3-4-5-6-7-8-9-10-11-12-13-14-15-16-17-18(19)20;8-4-3-7-2-1-6-5-7/h9-10H,2-8,11-17H2,1H3,(H,19,20);5,8H,1-4H2/b10-9-;. The predicted molar refractivity (Wildman–Crippen MR) is 119 cm³/mol. The van der Waals surface area contributed by atoms with Crippen molar-refractivity contribution in [3.63, 3.8) is 0 Å². The maximum atomic E-state index is 10.3. The summed E-state index contributed by atoms with van der Waals surface area (Å²) in [6.45, 7) is 5.07. The summed E-state index contributed by atoms with van der Waals surface area (Å²) in [6, 6.07) is 0. The molecule has 0 aromatic carbocycles. The predicted octanol–water partition coefficient (Wildman–Crippen LogP) is 5.43. The minimum atomic E-state index is -0.664. The van der Waals surface area contributed by atoms with E-state index in [0.29, 0.717) is 6.42 Å². The van der Waals surface area contributed by atoms with E-state index >= 15 is 0 Å². The second-order valence-electron chi connectivity index (χ2n) is 7.51. The number of carboxylic acid groups (broad SMARTS) is 1. The first-order chi connectivity index (χ1) is 13.7. The summed E-state index contributed by atoms with van der Waals surface area (Å²) in [7, 11) is 0. The number of hydrogen-bond donors (Lipinski definition) is 2. The number of rotatable bonds is 17. The summed E-state index contributed by atoms with van der Waals surface area (Å²) in [6.07, 6.45) is 23.0. The van der Waals surface area contributed by atoms with Gasteiger partial charge in [0, 0.05) is 19.5 Å². The third kappa shape index (κ3) is 20.9. The van der Waals surface area contributed by atoms with Crippen molar-refractivity contribution in [1.82, 2.24) is 4.90 Å². The van der Waals surface area contributed by atoms with Gasteiger partial charge >= 0.3 is 5.97 Å². The molecule has 28 heavy (non-hydrogen) atoms. The minimum absolute atomic E-state index is 0.228. The maximum absolute atomic E-state index is 10.3. The van der Waals surface area contributed by atoms with E-state index < -0.39 is 5.97 Å². The zero-order chi connectivity index (χ0) is 20.7. The normalized spacial score (nSPS) is 13.1. The number of carboxylic acids is 1. The average molecular weight is 397 g/mol. The molecule has 0 atom stereocenters. The first-order valence-corrected chi connectivity index (χ1v) is 11.4. The molecule has 1 aliphatic heterocycles. The Morgan fingerprint density at radius 2 is 1.54 bits per heavy atom. The molecule has 0 amide bonds. The molecule has 0 aromatic rings. The van der Waals surface area contributed by atoms with Gasteiger partial charge in [0.15, 0.2) is 0 Å². The van der Waals surface area contributed by atoms with E-state index in [-0.39, 0.29) is 6.61 Å². The van der Waals surface area contributed by atoms with Crippen LogP contribution in [-0.2, 0) is 4.79 Å². The number of unbranched alkanes of at least 4 members (excludes halogenated alkanes) is 11. The zero-order valence-corrected chi connectivity index (χ0v) is 18.2. The summed E-state index contributed by atoms with van der Waals surface area (Å²) in [5.41, 5.74) is 0. The summed E-state index contributed by atoms with van der Waals surface area (Å²) < 4.78 is 0. The van der Waals surface area contributed by atoms with Crippen LogP contribution in [0.5, 0.6) is 0 Å². The van der Waals surface area contributed by atoms with Crippen LogP contribution in [0.3, 0.4) is 0 Å². The van der Waals surface area contributed by atoms with Gasteiger partial charge in [0.2, 0.25) is 0 Å². The first-order valence-electron chi connectivity index (χ1n) is 11.4. The maximum Gasteiger partial charge on any atom is 0.303 e. The van der Waals surface area contributed by atoms with E-state index in [9.17, 15) is 4.79 Å². The fraction of sp³-hybridized carbons (Fsp3) is 0.826. The second kappa shape index (κ2) is 21.9. The molecule has 2 N–H and O–H groups in total. The summed E-state index contributed by atoms with van der Waals surface area (Å²) in [5, 5.41) is 16.9. The molecule has 1 rings (SSSR count). The Morgan fingerprint density at radius 1 is 0.964 bits per heavy atom. The van der Waals surface area contributed by atoms with Crippen LogP contribution in [0.2, 0.25) is 0 Å². The highest BCUT2D eigenvalue weighted by molar-refractivity contribution is 5.66. The third-order valence-electron chi connectivity index (χ3n) is 4.80. The fourth-order valence-corrected chi connectivity index (χ4v) is 3.06. The average Bonchev–Trinajstić information content (AvgIpc) is 3.19. The Balaban J connectivity index is 0.000000749. The van der Waals surface area contributed by atoms with Crippen molar-refractivity contribution in [2.24, 2.45) is 4.99 Å². The molecule has 5 nitrogen and oxygen atoms in total. The van der Waals surface area contributed by atoms with Crippen LogP contribution < -0.4 is 0 Å². The first kappa shape index (κ1) is 26.6. The van der Waals surface area contributed by atoms with Gasteiger partial charge in [0.05, 0.1) is 19.5 Å². The summed E-state index contributed by atoms with van der Waals surface area (Å²) in [5.74, 6) is -0.664. The summed E-state index contributed by atoms with van der Waals surface area (Å²) >= 11 is 0. The Labute approximate surface area is 172 Å². The zero-order valence-electron chi connectivity index (χ0n) is 18.2. The molecule has 5 heteroatoms. The molecule has 0 radical (unpaired) electrons. The van der Waals surface area contributed by atoms with Gasteiger partial charge in [0.1, 0.15) is 0 Å². The van der Waals surface area contributed by atoms with Crippen LogP contribution in [0.1, 0.15) is 96.8 Å². The van der Waals surface area contributed by atoms with E-state index in [4.69, 9.17) is 10.2 Å². The highest BCUT2D eigenvalue weighted by atomic mass is 16.4. The highest BCUT2D eigenvalue weighted by Gasteiger charge is 2.01. The molecular weight excluding hydrogens is 352 g/mol. The van der Waals surface area contributed by atoms with E-state index in [1.807, 2.05) is 4.90 Å². The number of aliphatic hydroxyl groups excluding tert-OH is 1. The van der Waals surface area contributed by atoms with Crippen molar-refractivity contribution >= 4 is 12.3 Å². The minimum Gasteiger partial charge on any atom is -0.481 e. The summed E-state index contributed by atoms with van der Waals surface area (Å²) in [4.78, 5) is 16.3. The lowest BCUT2D eigenvalue weighted by atomic mass is 10.1. The van der Waals surface area contributed by atoms with E-state index in [1.165, 1.54) is 70.6 Å². The molecule has 0 saturated heterocycles. The van der Waals surface area contributed by atoms with E-state index in [1.54, 1.807) is 6.34 Å². The largest absolute Gasteiger partial charge is 0.481 e. The number of allylic oxidation sites excluding steroid dienone is 2. The van der Waals surface area contributed by atoms with Crippen LogP contribution in [0.25, 0.3) is 0 Å². The number of nitrogens with zero attached hydrogens (tertiary/aromatic N) is 2. The number of aliphatic imine (C=N–C) groups is 1. The third-order valence-corrected chi connectivity index (χ3v) is 4.80. The highest BCUT2D eigenvalue weighted by Crippen LogP contribution is 2.09. The van der Waals surface area contributed by atoms with Crippen LogP contribution in [0, 0.1) is 0 Å². The number of β-amino-alcohol motifs (C(OH)–C–C–N with tert-alkyl or cyclic N) is 1. The molecule has 0 saturated carbocycles. The van der Waals surface area contributed by atoms with Gasteiger partial charge < -0.3 is 15.1 Å². The van der Waals surface area contributed by atoms with E-state index in [0.717, 1.165) is 32.5 Å². The molecular formula is C23H44N2O3. The van der Waals surface area contributed by atoms with Crippen molar-refractivity contribution in [2.75, 3.05) is 26.2 Å². The molecule has 1 heterocycles. The number of aliphatic hydroxyl groups is 1. The smallest absolute Gasteiger partial charge is 0.303 e. The van der Waals surface area contributed by atoms with Crippen LogP contribution in [-0.4, -0.2) is 53.7 Å². The molecule has 0 aromatic heterocycles. The van der Waals surface area contributed by atoms with Gasteiger partial charge in [-0.1, -0.05) is 70.4 Å². The lowest BCUT2D eigenvalue weighted by Crippen LogP contribution is -2.22. The molecule has 0 unspecified atom stereocenters. The quantitative estimate of drug-likeness (QED) is 0.254. The Hall–Kier alpha value is -1.36. The molecule has 0 fully saturated rings. The second-order valence-corrected chi connectivity index (χ2v) is 7.51. The fourth-order valence-electron chi connectivity index (χ4n) is 3.06. The SMILES string of the molecule is CCCCCCCC/C=C\CCCCCCCC(=O)O.OCCN1C=NCC1. The van der Waals surface area contributed by atoms with Crippen LogP contribution >= 0.6 is 0 Å². The topological polar surface area (TPSA) is 73.1 Å². The Morgan fingerprint density at radius 3 is 2.04 bits per heavy atom. The number of carbonyl (C=O) groups is 1. The number of aliphatic carboxylic acids is 1. The van der Waals surface area contributed by atoms with E-state index in [2.05, 4.69) is 24.1 Å². The van der Waals surface area contributed by atoms with Crippen molar-refractivity contribution < 1.29 is 15.0 Å². The van der Waals surface area contributed by atoms with Gasteiger partial charge in [-0.05, 0) is 32.1 Å². The van der Waals surface area contributed by atoms with Crippen molar-refractivity contribution in [3.8, 4) is 0 Å². The Kier molecular flexibility index (Phi) is 20.9. The van der Waals surface area contributed by atoms with Crippen molar-refractivity contribution in [3.05, 3.63) is 12.2 Å². The van der Waals surface area contributed by atoms with Crippen molar-refractivity contribution in [1.29, 1.82) is 0 Å². The molecule has 164 valence electrons. The van der Waals surface area contributed by atoms with Gasteiger partial charge in [0.25, 0.3) is 0 Å². The van der Waals surface area contributed by atoms with Crippen LogP contribution in [0.4, 0.5) is 0 Å². The lowest BCUT2D eigenvalue weighted by molar-refractivity contribution is -0.137. The van der Waals surface area contributed by atoms with Crippen LogP contribution in [0.15, 0.2) is 17.1 Å². The lowest BCUT2D eigenvalue weighted by Gasteiger charge is -2.09. The van der Waals surface area contributed by atoms with Gasteiger partial charge in [-0.3, -0.25) is 9.79 Å². The monoisotopic (exact) mass is 396 g/mol. The van der Waals surface area contributed by atoms with Gasteiger partial charge in [-0.15, -0.1) is 0 Å². The molecule has 0 bridgehead atoms. The molecule has 0 spiro atoms. The molecule has 1 aliphatic rings.